The van der Waals surface area contributed by atoms with E-state index in [2.05, 4.69) is 13.2 Å². The Bertz CT molecular complexity index is 1810. The Balaban J connectivity index is 1.49. The molecule has 274 valence electrons. The first-order chi connectivity index (χ1) is 25.1. The molecule has 2 unspecified atom stereocenters. The number of rotatable bonds is 15. The third-order valence-electron chi connectivity index (χ3n) is 11.3. The maximum atomic E-state index is 15.4. The number of carbonyl (C=O) groups is 3. The minimum atomic E-state index is -1.29. The molecular formula is C43H51N3O6. The number of ether oxygens (including phenoxy) is 2. The van der Waals surface area contributed by atoms with E-state index in [1.165, 1.54) is 0 Å². The highest BCUT2D eigenvalue weighted by Crippen LogP contribution is 2.65. The van der Waals surface area contributed by atoms with Crippen molar-refractivity contribution in [1.29, 1.82) is 0 Å². The minimum absolute atomic E-state index is 0.205. The molecule has 6 rings (SSSR count). The van der Waals surface area contributed by atoms with Crippen molar-refractivity contribution in [3.63, 3.8) is 0 Å². The Morgan fingerprint density at radius 1 is 0.981 bits per heavy atom. The number of aliphatic hydroxyl groups excluding tert-OH is 1. The fraction of sp³-hybridized carbons (Fsp3) is 0.419. The first-order valence-electron chi connectivity index (χ1n) is 18.4. The van der Waals surface area contributed by atoms with E-state index in [4.69, 9.17) is 9.47 Å². The highest BCUT2D eigenvalue weighted by atomic mass is 16.5. The van der Waals surface area contributed by atoms with Crippen LogP contribution >= 0.6 is 0 Å². The summed E-state index contributed by atoms with van der Waals surface area (Å²) >= 11 is 0. The van der Waals surface area contributed by atoms with Gasteiger partial charge in [0.1, 0.15) is 17.4 Å². The van der Waals surface area contributed by atoms with Crippen molar-refractivity contribution >= 4 is 29.1 Å². The second-order valence-electron chi connectivity index (χ2n) is 14.3. The number of hydrogen-bond acceptors (Lipinski definition) is 6. The van der Waals surface area contributed by atoms with E-state index in [9.17, 15) is 5.11 Å². The molecule has 1 spiro atoms. The van der Waals surface area contributed by atoms with Crippen LogP contribution < -0.4 is 14.5 Å². The standard InChI is InChI=1S/C43H51N3O6/c1-7-24-44(32-18-20-34(21-19-32)51-10-4)39(48)36-37-40(49)46(33(28-47)27-31-14-12-11-13-15-31)38(43(37)23-22-42(36,9-3)52-43)41(50)45(25-8-2)35-26-29(5)16-17-30(35)6/h7-8,11-21,26,33,36-38,47H,1-2,9-10,22-25,27-28H2,3-6H3/t33-,36-,37+,38?,42+,43?/m1/s1. The van der Waals surface area contributed by atoms with Gasteiger partial charge in [0.25, 0.3) is 5.91 Å². The topological polar surface area (TPSA) is 99.6 Å². The number of benzene rings is 3. The molecule has 3 aromatic rings. The van der Waals surface area contributed by atoms with Gasteiger partial charge in [0.05, 0.1) is 36.7 Å². The lowest BCUT2D eigenvalue weighted by molar-refractivity contribution is -0.149. The van der Waals surface area contributed by atoms with Crippen LogP contribution in [-0.2, 0) is 25.5 Å². The molecule has 3 aliphatic rings. The van der Waals surface area contributed by atoms with Crippen molar-refractivity contribution in [3.05, 3.63) is 115 Å². The predicted molar refractivity (Wildman–Crippen MR) is 203 cm³/mol. The van der Waals surface area contributed by atoms with E-state index in [1.54, 1.807) is 26.9 Å². The van der Waals surface area contributed by atoms with Crippen LogP contribution in [0.25, 0.3) is 0 Å². The molecule has 52 heavy (non-hydrogen) atoms. The Morgan fingerprint density at radius 2 is 1.67 bits per heavy atom. The Hall–Kier alpha value is -4.73. The molecule has 3 amide bonds. The fourth-order valence-corrected chi connectivity index (χ4v) is 8.94. The molecular weight excluding hydrogens is 654 g/mol. The van der Waals surface area contributed by atoms with Crippen LogP contribution in [0.5, 0.6) is 5.75 Å². The number of carbonyl (C=O) groups excluding carboxylic acids is 3. The molecule has 0 saturated carbocycles. The van der Waals surface area contributed by atoms with Gasteiger partial charge in [-0.3, -0.25) is 14.4 Å². The van der Waals surface area contributed by atoms with Gasteiger partial charge >= 0.3 is 0 Å². The van der Waals surface area contributed by atoms with Gasteiger partial charge in [0.15, 0.2) is 0 Å². The van der Waals surface area contributed by atoms with Gasteiger partial charge in [-0.2, -0.15) is 0 Å². The zero-order valence-corrected chi connectivity index (χ0v) is 30.8. The molecule has 3 heterocycles. The molecule has 3 aromatic carbocycles. The summed E-state index contributed by atoms with van der Waals surface area (Å²) in [5, 5.41) is 11.0. The van der Waals surface area contributed by atoms with Crippen LogP contribution in [0.2, 0.25) is 0 Å². The molecule has 0 aromatic heterocycles. The molecule has 3 fully saturated rings. The number of aryl methyl sites for hydroxylation is 2. The van der Waals surface area contributed by atoms with Crippen LogP contribution in [0.3, 0.4) is 0 Å². The van der Waals surface area contributed by atoms with E-state index in [0.717, 1.165) is 22.4 Å². The molecule has 0 aliphatic carbocycles. The molecule has 6 atom stereocenters. The predicted octanol–water partition coefficient (Wildman–Crippen LogP) is 6.20. The fourth-order valence-electron chi connectivity index (χ4n) is 8.94. The molecule has 9 nitrogen and oxygen atoms in total. The summed E-state index contributed by atoms with van der Waals surface area (Å²) in [6.07, 6.45) is 5.11. The SMILES string of the molecule is C=CCN(C(=O)[C@H]1[C@H]2C(=O)N([C@@H](CO)Cc3ccccc3)C(C(=O)N(CC=C)c3cc(C)ccc3C)C23CC[C@]1(CC)O3)c1ccc(OCC)cc1. The lowest BCUT2D eigenvalue weighted by Crippen LogP contribution is -2.59. The first-order valence-corrected chi connectivity index (χ1v) is 18.4. The van der Waals surface area contributed by atoms with Crippen molar-refractivity contribution in [2.75, 3.05) is 36.1 Å². The average molecular weight is 706 g/mol. The summed E-state index contributed by atoms with van der Waals surface area (Å²) in [6, 6.07) is 21.1. The van der Waals surface area contributed by atoms with Gasteiger partial charge in [-0.15, -0.1) is 13.2 Å². The summed E-state index contributed by atoms with van der Waals surface area (Å²) in [7, 11) is 0. The summed E-state index contributed by atoms with van der Waals surface area (Å²) in [5.41, 5.74) is 1.94. The van der Waals surface area contributed by atoms with Crippen LogP contribution in [0, 0.1) is 25.7 Å². The quantitative estimate of drug-likeness (QED) is 0.189. The lowest BCUT2D eigenvalue weighted by Gasteiger charge is -2.40. The zero-order valence-electron chi connectivity index (χ0n) is 30.8. The molecule has 3 aliphatic heterocycles. The van der Waals surface area contributed by atoms with Gasteiger partial charge in [-0.05, 0) is 93.5 Å². The maximum Gasteiger partial charge on any atom is 0.253 e. The smallest absolute Gasteiger partial charge is 0.253 e. The third kappa shape index (κ3) is 6.24. The Kier molecular flexibility index (Phi) is 10.7. The van der Waals surface area contributed by atoms with Crippen molar-refractivity contribution in [2.24, 2.45) is 11.8 Å². The highest BCUT2D eigenvalue weighted by Gasteiger charge is 2.79. The van der Waals surface area contributed by atoms with E-state index in [0.29, 0.717) is 43.7 Å². The number of amides is 3. The van der Waals surface area contributed by atoms with Gasteiger partial charge in [-0.1, -0.05) is 61.5 Å². The van der Waals surface area contributed by atoms with E-state index in [-0.39, 0.29) is 37.4 Å². The average Bonchev–Trinajstić information content (AvgIpc) is 3.77. The van der Waals surface area contributed by atoms with Gasteiger partial charge in [-0.25, -0.2) is 0 Å². The van der Waals surface area contributed by atoms with Crippen LogP contribution in [0.1, 0.15) is 49.8 Å². The maximum absolute atomic E-state index is 15.4. The number of anilines is 2. The number of fused-ring (bicyclic) bond motifs is 1. The molecule has 3 saturated heterocycles. The van der Waals surface area contributed by atoms with Gasteiger partial charge in [0, 0.05) is 24.5 Å². The van der Waals surface area contributed by atoms with Gasteiger partial charge < -0.3 is 29.3 Å². The van der Waals surface area contributed by atoms with E-state index >= 15 is 14.4 Å². The number of likely N-dealkylation sites (tertiary alicyclic amines) is 1. The summed E-state index contributed by atoms with van der Waals surface area (Å²) in [4.78, 5) is 50.6. The zero-order chi connectivity index (χ0) is 37.2. The van der Waals surface area contributed by atoms with Gasteiger partial charge in [0.2, 0.25) is 11.8 Å². The van der Waals surface area contributed by atoms with Crippen molar-refractivity contribution in [1.82, 2.24) is 4.90 Å². The highest BCUT2D eigenvalue weighted by molar-refractivity contribution is 6.07. The monoisotopic (exact) mass is 705 g/mol. The first kappa shape index (κ1) is 37.0. The molecule has 9 heteroatoms. The van der Waals surface area contributed by atoms with E-state index < -0.39 is 35.1 Å². The summed E-state index contributed by atoms with van der Waals surface area (Å²) in [6.45, 7) is 16.3. The van der Waals surface area contributed by atoms with Crippen LogP contribution in [-0.4, -0.2) is 77.3 Å². The van der Waals surface area contributed by atoms with Crippen molar-refractivity contribution in [3.8, 4) is 5.75 Å². The second-order valence-corrected chi connectivity index (χ2v) is 14.3. The van der Waals surface area contributed by atoms with Crippen molar-refractivity contribution < 1.29 is 29.0 Å². The summed E-state index contributed by atoms with van der Waals surface area (Å²) in [5.74, 6) is -2.02. The molecule has 1 N–H and O–H groups in total. The third-order valence-corrected chi connectivity index (χ3v) is 11.3. The Morgan fingerprint density at radius 3 is 2.31 bits per heavy atom. The lowest BCUT2D eigenvalue weighted by atomic mass is 9.64. The number of hydrogen-bond donors (Lipinski definition) is 1. The Labute approximate surface area is 307 Å². The largest absolute Gasteiger partial charge is 0.494 e. The van der Waals surface area contributed by atoms with Crippen LogP contribution in [0.15, 0.2) is 98.1 Å². The van der Waals surface area contributed by atoms with Crippen molar-refractivity contribution in [2.45, 2.75) is 76.7 Å². The normalized spacial score (nSPS) is 25.1. The number of nitrogens with zero attached hydrogens (tertiary/aromatic N) is 3. The number of aliphatic hydroxyl groups is 1. The molecule has 0 radical (unpaired) electrons. The minimum Gasteiger partial charge on any atom is -0.494 e. The molecule has 2 bridgehead atoms. The van der Waals surface area contributed by atoms with E-state index in [1.807, 2.05) is 100 Å². The van der Waals surface area contributed by atoms with Crippen LogP contribution in [0.4, 0.5) is 11.4 Å². The second kappa shape index (κ2) is 15.1. The summed E-state index contributed by atoms with van der Waals surface area (Å²) < 4.78 is 12.8.